The first-order chi connectivity index (χ1) is 15.6. The zero-order chi connectivity index (χ0) is 22.1. The first-order valence-electron chi connectivity index (χ1n) is 10.8. The van der Waals surface area contributed by atoms with E-state index < -0.39 is 5.95 Å². The Morgan fingerprint density at radius 3 is 2.50 bits per heavy atom. The number of pyridine rings is 1. The number of aryl methyl sites for hydroxylation is 2. The van der Waals surface area contributed by atoms with E-state index in [1.165, 1.54) is 18.6 Å². The van der Waals surface area contributed by atoms with Crippen molar-refractivity contribution >= 4 is 17.0 Å². The second-order valence-corrected chi connectivity index (χ2v) is 7.95. The average molecular weight is 433 g/mol. The normalized spacial score (nSPS) is 14.8. The molecule has 5 rings (SSSR count). The molecule has 32 heavy (non-hydrogen) atoms. The fourth-order valence-electron chi connectivity index (χ4n) is 4.05. The van der Waals surface area contributed by atoms with E-state index in [0.29, 0.717) is 5.88 Å². The van der Waals surface area contributed by atoms with Gasteiger partial charge in [0.2, 0.25) is 17.8 Å². The zero-order valence-corrected chi connectivity index (χ0v) is 18.1. The number of ether oxygens (including phenoxy) is 1. The molecular formula is C23H24FN7O. The molecule has 0 unspecified atom stereocenters. The van der Waals surface area contributed by atoms with Crippen molar-refractivity contribution < 1.29 is 9.13 Å². The summed E-state index contributed by atoms with van der Waals surface area (Å²) in [6, 6.07) is 3.05. The van der Waals surface area contributed by atoms with Crippen molar-refractivity contribution in [2.24, 2.45) is 7.05 Å². The van der Waals surface area contributed by atoms with Crippen LogP contribution >= 0.6 is 0 Å². The van der Waals surface area contributed by atoms with Gasteiger partial charge in [-0.05, 0) is 24.1 Å². The summed E-state index contributed by atoms with van der Waals surface area (Å²) in [7, 11) is 1.93. The van der Waals surface area contributed by atoms with Crippen LogP contribution in [0.15, 0.2) is 43.2 Å². The number of nitrogens with zero attached hydrogens (tertiary/aromatic N) is 7. The first kappa shape index (κ1) is 20.3. The van der Waals surface area contributed by atoms with E-state index >= 15 is 0 Å². The maximum Gasteiger partial charge on any atom is 0.242 e. The molecule has 4 aromatic heterocycles. The monoisotopic (exact) mass is 433 g/mol. The quantitative estimate of drug-likeness (QED) is 0.445. The van der Waals surface area contributed by atoms with Crippen molar-refractivity contribution in [2.45, 2.75) is 32.3 Å². The minimum atomic E-state index is -0.509. The SMILES string of the molecule is CCc1cnc(N2CCC(Oc3ncnc4c(-c5ccc(F)nc5)cn(C)c34)CC2)nc1. The summed E-state index contributed by atoms with van der Waals surface area (Å²) in [5.74, 6) is 0.816. The van der Waals surface area contributed by atoms with Gasteiger partial charge < -0.3 is 14.2 Å². The van der Waals surface area contributed by atoms with Crippen LogP contribution in [0, 0.1) is 5.95 Å². The lowest BCUT2D eigenvalue weighted by atomic mass is 10.1. The molecule has 5 heterocycles. The van der Waals surface area contributed by atoms with Crippen LogP contribution < -0.4 is 9.64 Å². The summed E-state index contributed by atoms with van der Waals surface area (Å²) in [5.41, 5.74) is 4.37. The molecule has 4 aromatic rings. The molecule has 8 nitrogen and oxygen atoms in total. The van der Waals surface area contributed by atoms with Crippen LogP contribution in [0.4, 0.5) is 10.3 Å². The van der Waals surface area contributed by atoms with Crippen molar-refractivity contribution in [1.82, 2.24) is 29.5 Å². The molecule has 1 saturated heterocycles. The zero-order valence-electron chi connectivity index (χ0n) is 18.1. The topological polar surface area (TPSA) is 81.9 Å². The lowest BCUT2D eigenvalue weighted by Gasteiger charge is -2.32. The molecule has 0 aliphatic carbocycles. The van der Waals surface area contributed by atoms with Gasteiger partial charge in [0, 0.05) is 68.9 Å². The van der Waals surface area contributed by atoms with Gasteiger partial charge in [0.15, 0.2) is 0 Å². The summed E-state index contributed by atoms with van der Waals surface area (Å²) in [5, 5.41) is 0. The molecule has 0 bridgehead atoms. The molecule has 1 aliphatic heterocycles. The van der Waals surface area contributed by atoms with Crippen LogP contribution in [0.5, 0.6) is 5.88 Å². The number of rotatable bonds is 5. The minimum absolute atomic E-state index is 0.0464. The molecule has 0 N–H and O–H groups in total. The summed E-state index contributed by atoms with van der Waals surface area (Å²) in [4.78, 5) is 23.8. The molecule has 1 aliphatic rings. The second kappa shape index (κ2) is 8.49. The van der Waals surface area contributed by atoms with E-state index in [0.717, 1.165) is 66.0 Å². The second-order valence-electron chi connectivity index (χ2n) is 7.95. The number of aromatic nitrogens is 6. The van der Waals surface area contributed by atoms with Gasteiger partial charge in [-0.25, -0.2) is 19.9 Å². The van der Waals surface area contributed by atoms with Crippen LogP contribution in [-0.4, -0.2) is 48.7 Å². The highest BCUT2D eigenvalue weighted by Crippen LogP contribution is 2.33. The standard InChI is InChI=1S/C23H24FN7O/c1-3-15-10-26-23(27-11-15)31-8-6-17(7-9-31)32-22-21-20(28-14-29-22)18(13-30(21)2)16-4-5-19(24)25-12-16/h4-5,10-14,17H,3,6-9H2,1-2H3. The van der Waals surface area contributed by atoms with Gasteiger partial charge in [-0.1, -0.05) is 6.92 Å². The largest absolute Gasteiger partial charge is 0.473 e. The predicted molar refractivity (Wildman–Crippen MR) is 119 cm³/mol. The lowest BCUT2D eigenvalue weighted by molar-refractivity contribution is 0.165. The summed E-state index contributed by atoms with van der Waals surface area (Å²) >= 11 is 0. The Labute approximate surface area is 185 Å². The van der Waals surface area contributed by atoms with Crippen molar-refractivity contribution in [2.75, 3.05) is 18.0 Å². The van der Waals surface area contributed by atoms with Crippen LogP contribution in [0.3, 0.4) is 0 Å². The summed E-state index contributed by atoms with van der Waals surface area (Å²) in [6.07, 6.45) is 11.4. The number of hydrogen-bond donors (Lipinski definition) is 0. The number of piperidine rings is 1. The van der Waals surface area contributed by atoms with Gasteiger partial charge in [-0.2, -0.15) is 9.37 Å². The van der Waals surface area contributed by atoms with Crippen molar-refractivity contribution in [3.8, 4) is 17.0 Å². The van der Waals surface area contributed by atoms with Gasteiger partial charge in [0.25, 0.3) is 0 Å². The van der Waals surface area contributed by atoms with Crippen molar-refractivity contribution in [3.63, 3.8) is 0 Å². The number of anilines is 1. The Balaban J connectivity index is 1.33. The Morgan fingerprint density at radius 2 is 1.81 bits per heavy atom. The number of fused-ring (bicyclic) bond motifs is 1. The summed E-state index contributed by atoms with van der Waals surface area (Å²) in [6.45, 7) is 3.74. The Kier molecular flexibility index (Phi) is 5.38. The van der Waals surface area contributed by atoms with Gasteiger partial charge >= 0.3 is 0 Å². The Hall–Kier alpha value is -3.62. The third-order valence-electron chi connectivity index (χ3n) is 5.86. The van der Waals surface area contributed by atoms with Crippen LogP contribution in [-0.2, 0) is 13.5 Å². The van der Waals surface area contributed by atoms with Gasteiger partial charge in [-0.3, -0.25) is 0 Å². The van der Waals surface area contributed by atoms with Crippen molar-refractivity contribution in [3.05, 3.63) is 54.8 Å². The van der Waals surface area contributed by atoms with Crippen molar-refractivity contribution in [1.29, 1.82) is 0 Å². The molecule has 0 radical (unpaired) electrons. The molecule has 164 valence electrons. The van der Waals surface area contributed by atoms with E-state index in [9.17, 15) is 4.39 Å². The number of hydrogen-bond acceptors (Lipinski definition) is 7. The van der Waals surface area contributed by atoms with Crippen LogP contribution in [0.25, 0.3) is 22.2 Å². The molecule has 1 fully saturated rings. The van der Waals surface area contributed by atoms with Gasteiger partial charge in [0.1, 0.15) is 23.5 Å². The lowest BCUT2D eigenvalue weighted by Crippen LogP contribution is -2.39. The smallest absolute Gasteiger partial charge is 0.242 e. The molecule has 0 amide bonds. The molecular weight excluding hydrogens is 409 g/mol. The Bertz CT molecular complexity index is 1220. The molecule has 0 saturated carbocycles. The molecule has 9 heteroatoms. The fourth-order valence-corrected chi connectivity index (χ4v) is 4.05. The maximum atomic E-state index is 13.2. The van der Waals surface area contributed by atoms with Crippen LogP contribution in [0.2, 0.25) is 0 Å². The van der Waals surface area contributed by atoms with E-state index in [1.807, 2.05) is 30.2 Å². The van der Waals surface area contributed by atoms with Gasteiger partial charge in [-0.15, -0.1) is 0 Å². The highest BCUT2D eigenvalue weighted by Gasteiger charge is 2.24. The van der Waals surface area contributed by atoms with E-state index in [2.05, 4.69) is 36.7 Å². The third kappa shape index (κ3) is 3.86. The van der Waals surface area contributed by atoms with E-state index in [1.54, 1.807) is 6.07 Å². The predicted octanol–water partition coefficient (Wildman–Crippen LogP) is 3.57. The number of halogens is 1. The Morgan fingerprint density at radius 1 is 1.03 bits per heavy atom. The first-order valence-corrected chi connectivity index (χ1v) is 10.8. The van der Waals surface area contributed by atoms with E-state index in [-0.39, 0.29) is 6.10 Å². The van der Waals surface area contributed by atoms with E-state index in [4.69, 9.17) is 4.74 Å². The molecule has 0 atom stereocenters. The maximum absolute atomic E-state index is 13.2. The van der Waals surface area contributed by atoms with Gasteiger partial charge in [0.05, 0.1) is 0 Å². The minimum Gasteiger partial charge on any atom is -0.473 e. The highest BCUT2D eigenvalue weighted by atomic mass is 19.1. The highest BCUT2D eigenvalue weighted by molar-refractivity contribution is 5.95. The third-order valence-corrected chi connectivity index (χ3v) is 5.86. The van der Waals surface area contributed by atoms with Crippen LogP contribution in [0.1, 0.15) is 25.3 Å². The molecule has 0 aromatic carbocycles. The summed E-state index contributed by atoms with van der Waals surface area (Å²) < 4.78 is 21.5. The fraction of sp³-hybridized carbons (Fsp3) is 0.348. The molecule has 0 spiro atoms. The average Bonchev–Trinajstić information content (AvgIpc) is 3.17.